The Morgan fingerprint density at radius 1 is 1.45 bits per heavy atom. The van der Waals surface area contributed by atoms with Gasteiger partial charge in [-0.15, -0.1) is 11.3 Å². The first-order chi connectivity index (χ1) is 14.5. The smallest absolute Gasteiger partial charge is 0.410 e. The van der Waals surface area contributed by atoms with Crippen molar-refractivity contribution in [3.63, 3.8) is 0 Å². The monoisotopic (exact) mass is 447 g/mol. The first kappa shape index (κ1) is 23.1. The molecule has 2 fully saturated rings. The summed E-state index contributed by atoms with van der Waals surface area (Å²) in [5.74, 6) is 5.00. The van der Waals surface area contributed by atoms with Crippen LogP contribution in [0.2, 0.25) is 0 Å². The highest BCUT2D eigenvalue weighted by atomic mass is 32.1. The number of hydrogen-bond acceptors (Lipinski definition) is 6. The van der Waals surface area contributed by atoms with E-state index in [0.717, 1.165) is 24.3 Å². The average molecular weight is 448 g/mol. The fraction of sp³-hybridized carbons (Fsp3) is 0.591. The summed E-state index contributed by atoms with van der Waals surface area (Å²) in [7, 11) is 0. The second-order valence-electron chi connectivity index (χ2n) is 9.28. The van der Waals surface area contributed by atoms with Crippen LogP contribution < -0.4 is 10.2 Å². The average Bonchev–Trinajstić information content (AvgIpc) is 3.40. The third kappa shape index (κ3) is 5.57. The summed E-state index contributed by atoms with van der Waals surface area (Å²) < 4.78 is 5.69. The van der Waals surface area contributed by atoms with Gasteiger partial charge in [-0.25, -0.2) is 9.59 Å². The fourth-order valence-electron chi connectivity index (χ4n) is 3.67. The van der Waals surface area contributed by atoms with Crippen LogP contribution in [-0.4, -0.2) is 66.3 Å². The molecule has 0 aliphatic carbocycles. The number of anilines is 1. The molecule has 2 saturated heterocycles. The highest BCUT2D eigenvalue weighted by Crippen LogP contribution is 2.33. The summed E-state index contributed by atoms with van der Waals surface area (Å²) in [6.07, 6.45) is 1.53. The molecular formula is C22H29N3O5S. The van der Waals surface area contributed by atoms with Gasteiger partial charge >= 0.3 is 12.1 Å². The summed E-state index contributed by atoms with van der Waals surface area (Å²) >= 11 is 1.05. The van der Waals surface area contributed by atoms with E-state index in [2.05, 4.69) is 17.2 Å². The van der Waals surface area contributed by atoms with Gasteiger partial charge in [-0.05, 0) is 46.7 Å². The van der Waals surface area contributed by atoms with Crippen molar-refractivity contribution in [2.24, 2.45) is 5.41 Å². The van der Waals surface area contributed by atoms with Crippen molar-refractivity contribution >= 4 is 35.5 Å². The molecule has 2 atom stereocenters. The molecule has 2 unspecified atom stereocenters. The van der Waals surface area contributed by atoms with Gasteiger partial charge in [0, 0.05) is 31.5 Å². The van der Waals surface area contributed by atoms with E-state index < -0.39 is 17.7 Å². The lowest BCUT2D eigenvalue weighted by Gasteiger charge is -2.28. The number of nitrogens with zero attached hydrogens (tertiary/aromatic N) is 2. The number of nitrogens with one attached hydrogen (secondary N) is 1. The van der Waals surface area contributed by atoms with Crippen LogP contribution in [0.15, 0.2) is 6.07 Å². The minimum atomic E-state index is -1.11. The van der Waals surface area contributed by atoms with Crippen LogP contribution in [-0.2, 0) is 9.53 Å². The Hall–Kier alpha value is -2.57. The number of rotatable bonds is 5. The summed E-state index contributed by atoms with van der Waals surface area (Å²) in [4.78, 5) is 40.0. The Morgan fingerprint density at radius 2 is 2.19 bits per heavy atom. The summed E-state index contributed by atoms with van der Waals surface area (Å²) in [5, 5.41) is 12.8. The maximum Gasteiger partial charge on any atom is 0.410 e. The number of ether oxygens (including phenoxy) is 1. The van der Waals surface area contributed by atoms with Gasteiger partial charge in [-0.2, -0.15) is 0 Å². The first-order valence-corrected chi connectivity index (χ1v) is 11.2. The second-order valence-corrected chi connectivity index (χ2v) is 10.3. The number of carbonyl (C=O) groups is 3. The zero-order chi connectivity index (χ0) is 22.8. The summed E-state index contributed by atoms with van der Waals surface area (Å²) in [6.45, 7) is 9.98. The van der Waals surface area contributed by atoms with Crippen molar-refractivity contribution in [1.29, 1.82) is 0 Å². The molecule has 3 rings (SSSR count). The lowest BCUT2D eigenvalue weighted by Crippen LogP contribution is -2.42. The number of carboxylic acids is 1. The van der Waals surface area contributed by atoms with Gasteiger partial charge in [-0.3, -0.25) is 4.79 Å². The van der Waals surface area contributed by atoms with Gasteiger partial charge in [-0.1, -0.05) is 11.8 Å². The molecule has 0 radical (unpaired) electrons. The van der Waals surface area contributed by atoms with Gasteiger partial charge in [0.05, 0.1) is 16.6 Å². The lowest BCUT2D eigenvalue weighted by atomic mass is 9.98. The molecule has 3 heterocycles. The minimum Gasteiger partial charge on any atom is -0.477 e. The molecule has 2 aliphatic heterocycles. The van der Waals surface area contributed by atoms with E-state index in [9.17, 15) is 19.5 Å². The number of amides is 2. The molecule has 1 aromatic rings. The Morgan fingerprint density at radius 3 is 2.77 bits per heavy atom. The van der Waals surface area contributed by atoms with E-state index in [4.69, 9.17) is 4.74 Å². The van der Waals surface area contributed by atoms with Gasteiger partial charge < -0.3 is 25.0 Å². The summed E-state index contributed by atoms with van der Waals surface area (Å²) in [6, 6.07) is 1.32. The van der Waals surface area contributed by atoms with Crippen LogP contribution in [0.1, 0.15) is 55.1 Å². The van der Waals surface area contributed by atoms with Crippen LogP contribution in [0, 0.1) is 17.3 Å². The quantitative estimate of drug-likeness (QED) is 0.532. The van der Waals surface area contributed by atoms with E-state index in [0.29, 0.717) is 43.0 Å². The van der Waals surface area contributed by atoms with Gasteiger partial charge in [0.2, 0.25) is 6.41 Å². The minimum absolute atomic E-state index is 0.0656. The lowest BCUT2D eigenvalue weighted by molar-refractivity contribution is -0.107. The molecule has 2 amide bonds. The highest BCUT2D eigenvalue weighted by molar-refractivity contribution is 7.15. The van der Waals surface area contributed by atoms with E-state index in [-0.39, 0.29) is 16.3 Å². The van der Waals surface area contributed by atoms with Crippen molar-refractivity contribution in [1.82, 2.24) is 10.2 Å². The van der Waals surface area contributed by atoms with Crippen molar-refractivity contribution in [3.8, 4) is 11.8 Å². The molecule has 0 aromatic carbocycles. The largest absolute Gasteiger partial charge is 0.477 e. The number of thiophene rings is 1. The van der Waals surface area contributed by atoms with Crippen LogP contribution in [0.5, 0.6) is 0 Å². The maximum absolute atomic E-state index is 12.6. The molecule has 31 heavy (non-hydrogen) atoms. The Balaban J connectivity index is 1.76. The van der Waals surface area contributed by atoms with Crippen molar-refractivity contribution in [2.45, 2.75) is 52.2 Å². The number of carboxylic acid groups (broad SMARTS) is 1. The van der Waals surface area contributed by atoms with E-state index in [1.165, 1.54) is 4.90 Å². The van der Waals surface area contributed by atoms with Crippen LogP contribution >= 0.6 is 11.3 Å². The molecule has 1 aromatic heterocycles. The second kappa shape index (κ2) is 8.89. The zero-order valence-electron chi connectivity index (χ0n) is 18.4. The third-order valence-electron chi connectivity index (χ3n) is 5.34. The first-order valence-electron chi connectivity index (χ1n) is 10.3. The number of hydrogen-bond donors (Lipinski definition) is 2. The van der Waals surface area contributed by atoms with Gasteiger partial charge in [0.1, 0.15) is 10.5 Å². The van der Waals surface area contributed by atoms with Crippen LogP contribution in [0.3, 0.4) is 0 Å². The Kier molecular flexibility index (Phi) is 6.62. The molecule has 0 saturated carbocycles. The number of likely N-dealkylation sites (tertiary alicyclic amines) is 1. The van der Waals surface area contributed by atoms with Crippen molar-refractivity contribution in [2.75, 3.05) is 31.1 Å². The molecule has 8 nitrogen and oxygen atoms in total. The number of carbonyl (C=O) groups excluding carboxylic acids is 2. The molecule has 0 spiro atoms. The highest BCUT2D eigenvalue weighted by Gasteiger charge is 2.38. The van der Waals surface area contributed by atoms with Crippen molar-refractivity contribution in [3.05, 3.63) is 15.8 Å². The van der Waals surface area contributed by atoms with Gasteiger partial charge in [0.25, 0.3) is 0 Å². The zero-order valence-corrected chi connectivity index (χ0v) is 19.2. The Bertz CT molecular complexity index is 918. The predicted octanol–water partition coefficient (Wildman–Crippen LogP) is 2.77. The standard InChI is InChI=1S/C22H29N3O5S/c1-21(2,3)7-5-16-11-17(18(31-16)19(27)28)25(14-26)15-6-10-24(12-15)20(29)30-22(4)8-9-23-13-22/h11,14-15,23H,6,8-10,12-13H2,1-4H3,(H,27,28). The van der Waals surface area contributed by atoms with Crippen molar-refractivity contribution < 1.29 is 24.2 Å². The van der Waals surface area contributed by atoms with E-state index in [1.807, 2.05) is 27.7 Å². The van der Waals surface area contributed by atoms with E-state index in [1.54, 1.807) is 11.0 Å². The molecule has 168 valence electrons. The molecule has 2 N–H and O–H groups in total. The molecule has 0 bridgehead atoms. The summed E-state index contributed by atoms with van der Waals surface area (Å²) in [5.41, 5.74) is -0.433. The molecule has 9 heteroatoms. The topological polar surface area (TPSA) is 99.2 Å². The van der Waals surface area contributed by atoms with Crippen LogP contribution in [0.25, 0.3) is 0 Å². The number of aromatic carboxylic acids is 1. The molecule has 2 aliphatic rings. The van der Waals surface area contributed by atoms with E-state index >= 15 is 0 Å². The SMILES string of the molecule is CC(C)(C)C#Cc1cc(N(C=O)C2CCN(C(=O)OC3(C)CCNC3)C2)c(C(=O)O)s1. The van der Waals surface area contributed by atoms with Crippen LogP contribution in [0.4, 0.5) is 10.5 Å². The maximum atomic E-state index is 12.6. The van der Waals surface area contributed by atoms with Gasteiger partial charge in [0.15, 0.2) is 0 Å². The fourth-order valence-corrected chi connectivity index (χ4v) is 4.52. The predicted molar refractivity (Wildman–Crippen MR) is 119 cm³/mol. The third-order valence-corrected chi connectivity index (χ3v) is 6.37. The normalized spacial score (nSPS) is 23.2. The molecular weight excluding hydrogens is 418 g/mol. The Labute approximate surface area is 186 Å².